The maximum absolute atomic E-state index is 14.5. The number of halogens is 1. The van der Waals surface area contributed by atoms with E-state index >= 15 is 0 Å². The fourth-order valence-electron chi connectivity index (χ4n) is 4.87. The topological polar surface area (TPSA) is 82.4 Å². The van der Waals surface area contributed by atoms with Crippen molar-refractivity contribution in [3.05, 3.63) is 42.1 Å². The lowest BCUT2D eigenvalue weighted by Crippen LogP contribution is -2.50. The molecule has 2 unspecified atom stereocenters. The second-order valence-corrected chi connectivity index (χ2v) is 9.91. The second kappa shape index (κ2) is 7.97. The van der Waals surface area contributed by atoms with E-state index in [4.69, 9.17) is 9.47 Å². The average molecular weight is 454 g/mol. The molecule has 4 heterocycles. The fraction of sp³-hybridized carbons (Fsp3) is 0.500. The Kier molecular flexibility index (Phi) is 5.22. The zero-order valence-electron chi connectivity index (χ0n) is 19.3. The third-order valence-electron chi connectivity index (χ3n) is 6.23. The predicted molar refractivity (Wildman–Crippen MR) is 120 cm³/mol. The predicted octanol–water partition coefficient (Wildman–Crippen LogP) is 4.57. The van der Waals surface area contributed by atoms with Crippen molar-refractivity contribution in [2.24, 2.45) is 0 Å². The van der Waals surface area contributed by atoms with Gasteiger partial charge in [0, 0.05) is 24.9 Å². The molecule has 2 aliphatic rings. The molecule has 2 fully saturated rings. The van der Waals surface area contributed by atoms with E-state index in [1.54, 1.807) is 12.3 Å². The van der Waals surface area contributed by atoms with Crippen LogP contribution in [0.25, 0.3) is 16.7 Å². The first-order chi connectivity index (χ1) is 15.7. The molecule has 2 aromatic heterocycles. The van der Waals surface area contributed by atoms with Gasteiger partial charge in [0.2, 0.25) is 5.88 Å². The van der Waals surface area contributed by atoms with Crippen molar-refractivity contribution in [1.29, 1.82) is 0 Å². The molecular formula is C24H28FN5O3. The number of aryl methyl sites for hydroxylation is 1. The Morgan fingerprint density at radius 3 is 2.55 bits per heavy atom. The first-order valence-corrected chi connectivity index (χ1v) is 11.3. The molecule has 2 bridgehead atoms. The molecule has 2 atom stereocenters. The summed E-state index contributed by atoms with van der Waals surface area (Å²) in [5.74, 6) is 0.0565. The zero-order valence-corrected chi connectivity index (χ0v) is 19.3. The summed E-state index contributed by atoms with van der Waals surface area (Å²) in [6.07, 6.45) is 5.98. The van der Waals surface area contributed by atoms with Gasteiger partial charge in [0.25, 0.3) is 0 Å². The minimum atomic E-state index is -0.520. The summed E-state index contributed by atoms with van der Waals surface area (Å²) in [6, 6.07) is 5.16. The number of hydrogen-bond donors (Lipinski definition) is 0. The molecule has 33 heavy (non-hydrogen) atoms. The smallest absolute Gasteiger partial charge is 0.410 e. The highest BCUT2D eigenvalue weighted by Crippen LogP contribution is 2.38. The Hall–Kier alpha value is -3.23. The van der Waals surface area contributed by atoms with Gasteiger partial charge in [-0.1, -0.05) is 6.07 Å². The van der Waals surface area contributed by atoms with Gasteiger partial charge in [-0.25, -0.2) is 23.8 Å². The van der Waals surface area contributed by atoms with Crippen LogP contribution in [0.1, 0.15) is 52.0 Å². The van der Waals surface area contributed by atoms with E-state index < -0.39 is 5.60 Å². The highest BCUT2D eigenvalue weighted by molar-refractivity contribution is 5.81. The van der Waals surface area contributed by atoms with E-state index in [1.165, 1.54) is 17.1 Å². The molecule has 0 radical (unpaired) electrons. The lowest BCUT2D eigenvalue weighted by molar-refractivity contribution is -0.00740. The number of fused-ring (bicyclic) bond motifs is 3. The van der Waals surface area contributed by atoms with Crippen LogP contribution in [-0.4, -0.2) is 54.5 Å². The summed E-state index contributed by atoms with van der Waals surface area (Å²) in [7, 11) is 0. The Balaban J connectivity index is 1.36. The average Bonchev–Trinajstić information content (AvgIpc) is 3.27. The van der Waals surface area contributed by atoms with Crippen LogP contribution in [0.3, 0.4) is 0 Å². The van der Waals surface area contributed by atoms with Crippen LogP contribution in [0.4, 0.5) is 9.18 Å². The van der Waals surface area contributed by atoms with E-state index in [9.17, 15) is 9.18 Å². The molecule has 0 spiro atoms. The SMILES string of the molecule is Cc1ccc(-n2ncc3c(OC4CC5CCC(C4)N5C(=O)OC(C)(C)C)ncnc32)c(F)c1. The number of benzene rings is 1. The molecule has 0 saturated carbocycles. The summed E-state index contributed by atoms with van der Waals surface area (Å²) < 4.78 is 27.9. The van der Waals surface area contributed by atoms with Gasteiger partial charge in [0.05, 0.1) is 6.20 Å². The minimum Gasteiger partial charge on any atom is -0.474 e. The number of amides is 1. The number of aromatic nitrogens is 4. The maximum Gasteiger partial charge on any atom is 0.410 e. The standard InChI is InChI=1S/C24H28FN5O3/c1-14-5-8-20(19(25)9-14)30-21-18(12-28-30)22(27-13-26-21)32-17-10-15-6-7-16(11-17)29(15)23(31)33-24(2,3)4/h5,8-9,12-13,15-17H,6-7,10-11H2,1-4H3. The monoisotopic (exact) mass is 453 g/mol. The number of carbonyl (C=O) groups is 1. The van der Waals surface area contributed by atoms with Crippen molar-refractivity contribution in [2.45, 2.75) is 77.2 Å². The van der Waals surface area contributed by atoms with Gasteiger partial charge in [0.1, 0.15) is 34.9 Å². The summed E-state index contributed by atoms with van der Waals surface area (Å²) in [4.78, 5) is 23.2. The van der Waals surface area contributed by atoms with Crippen molar-refractivity contribution >= 4 is 17.1 Å². The number of ether oxygens (including phenoxy) is 2. The van der Waals surface area contributed by atoms with Crippen LogP contribution < -0.4 is 4.74 Å². The van der Waals surface area contributed by atoms with Crippen LogP contribution in [0.2, 0.25) is 0 Å². The van der Waals surface area contributed by atoms with E-state index in [0.29, 0.717) is 35.4 Å². The third kappa shape index (κ3) is 4.12. The highest BCUT2D eigenvalue weighted by atomic mass is 19.1. The molecule has 0 aliphatic carbocycles. The van der Waals surface area contributed by atoms with Gasteiger partial charge in [-0.3, -0.25) is 0 Å². The van der Waals surface area contributed by atoms with Gasteiger partial charge in [-0.2, -0.15) is 5.10 Å². The molecule has 5 rings (SSSR count). The fourth-order valence-corrected chi connectivity index (χ4v) is 4.87. The molecular weight excluding hydrogens is 425 g/mol. The van der Waals surface area contributed by atoms with E-state index in [2.05, 4.69) is 15.1 Å². The summed E-state index contributed by atoms with van der Waals surface area (Å²) >= 11 is 0. The van der Waals surface area contributed by atoms with Crippen molar-refractivity contribution < 1.29 is 18.7 Å². The van der Waals surface area contributed by atoms with Crippen molar-refractivity contribution in [3.8, 4) is 11.6 Å². The molecule has 0 N–H and O–H groups in total. The third-order valence-corrected chi connectivity index (χ3v) is 6.23. The van der Waals surface area contributed by atoms with Crippen LogP contribution in [0.15, 0.2) is 30.7 Å². The summed E-state index contributed by atoms with van der Waals surface area (Å²) in [5.41, 5.74) is 1.12. The lowest BCUT2D eigenvalue weighted by Gasteiger charge is -2.39. The first-order valence-electron chi connectivity index (χ1n) is 11.3. The van der Waals surface area contributed by atoms with E-state index in [-0.39, 0.29) is 30.1 Å². The molecule has 1 aromatic carbocycles. The van der Waals surface area contributed by atoms with E-state index in [0.717, 1.165) is 18.4 Å². The molecule has 2 saturated heterocycles. The first kappa shape index (κ1) is 21.6. The number of hydrogen-bond acceptors (Lipinski definition) is 6. The van der Waals surface area contributed by atoms with Crippen LogP contribution in [0.5, 0.6) is 5.88 Å². The van der Waals surface area contributed by atoms with Crippen LogP contribution in [-0.2, 0) is 4.74 Å². The van der Waals surface area contributed by atoms with Crippen molar-refractivity contribution in [1.82, 2.24) is 24.6 Å². The molecule has 3 aromatic rings. The largest absolute Gasteiger partial charge is 0.474 e. The molecule has 174 valence electrons. The lowest BCUT2D eigenvalue weighted by atomic mass is 10.00. The number of rotatable bonds is 3. The quantitative estimate of drug-likeness (QED) is 0.578. The summed E-state index contributed by atoms with van der Waals surface area (Å²) in [6.45, 7) is 7.48. The number of carbonyl (C=O) groups excluding carboxylic acids is 1. The van der Waals surface area contributed by atoms with Gasteiger partial charge in [-0.15, -0.1) is 0 Å². The minimum absolute atomic E-state index is 0.0845. The normalized spacial score (nSPS) is 22.6. The highest BCUT2D eigenvalue weighted by Gasteiger charge is 2.45. The Labute approximate surface area is 191 Å². The van der Waals surface area contributed by atoms with Gasteiger partial charge >= 0.3 is 6.09 Å². The summed E-state index contributed by atoms with van der Waals surface area (Å²) in [5, 5.41) is 4.97. The molecule has 1 amide bonds. The van der Waals surface area contributed by atoms with Crippen molar-refractivity contribution in [3.63, 3.8) is 0 Å². The Morgan fingerprint density at radius 2 is 1.88 bits per heavy atom. The molecule has 8 nitrogen and oxygen atoms in total. The maximum atomic E-state index is 14.5. The zero-order chi connectivity index (χ0) is 23.3. The molecule has 9 heteroatoms. The van der Waals surface area contributed by atoms with Gasteiger partial charge in [-0.05, 0) is 58.2 Å². The van der Waals surface area contributed by atoms with E-state index in [1.807, 2.05) is 38.7 Å². The Bertz CT molecular complexity index is 1190. The van der Waals surface area contributed by atoms with Crippen LogP contribution >= 0.6 is 0 Å². The molecule has 2 aliphatic heterocycles. The van der Waals surface area contributed by atoms with Gasteiger partial charge < -0.3 is 14.4 Å². The second-order valence-electron chi connectivity index (χ2n) is 9.91. The Morgan fingerprint density at radius 1 is 1.15 bits per heavy atom. The van der Waals surface area contributed by atoms with Crippen LogP contribution in [0, 0.1) is 12.7 Å². The van der Waals surface area contributed by atoms with Crippen molar-refractivity contribution in [2.75, 3.05) is 0 Å². The van der Waals surface area contributed by atoms with Gasteiger partial charge in [0.15, 0.2) is 5.65 Å². The number of nitrogens with zero attached hydrogens (tertiary/aromatic N) is 5. The number of piperidine rings is 1.